The van der Waals surface area contributed by atoms with Crippen molar-refractivity contribution < 1.29 is 4.79 Å². The lowest BCUT2D eigenvalue weighted by molar-refractivity contribution is -0.125. The summed E-state index contributed by atoms with van der Waals surface area (Å²) in [4.78, 5) is 11.7. The van der Waals surface area contributed by atoms with Crippen molar-refractivity contribution in [3.63, 3.8) is 0 Å². The Labute approximate surface area is 78.9 Å². The first-order valence-electron chi connectivity index (χ1n) is 5.87. The fourth-order valence-corrected chi connectivity index (χ4v) is 5.29. The van der Waals surface area contributed by atoms with Gasteiger partial charge < -0.3 is 0 Å². The van der Waals surface area contributed by atoms with Crippen LogP contribution in [0, 0.1) is 35.5 Å². The second-order valence-electron chi connectivity index (χ2n) is 5.76. The van der Waals surface area contributed by atoms with Crippen LogP contribution in [0.5, 0.6) is 0 Å². The minimum Gasteiger partial charge on any atom is -0.299 e. The van der Waals surface area contributed by atoms with Gasteiger partial charge in [0.1, 0.15) is 5.78 Å². The molecule has 0 spiro atoms. The first-order valence-corrected chi connectivity index (χ1v) is 5.87. The Balaban J connectivity index is 1.78. The van der Waals surface area contributed by atoms with Crippen LogP contribution in [0.2, 0.25) is 0 Å². The van der Waals surface area contributed by atoms with Crippen LogP contribution in [0.25, 0.3) is 0 Å². The van der Waals surface area contributed by atoms with E-state index < -0.39 is 0 Å². The van der Waals surface area contributed by atoms with Crippen LogP contribution >= 0.6 is 0 Å². The first-order chi connectivity index (χ1) is 6.34. The van der Waals surface area contributed by atoms with Gasteiger partial charge in [-0.2, -0.15) is 0 Å². The molecular weight excluding hydrogens is 160 g/mol. The topological polar surface area (TPSA) is 17.1 Å². The third-order valence-electron chi connectivity index (χ3n) is 5.49. The molecule has 1 nitrogen and oxygen atoms in total. The van der Waals surface area contributed by atoms with Crippen LogP contribution < -0.4 is 0 Å². The minimum absolute atomic E-state index is 0.533. The number of carbonyl (C=O) groups is 1. The quantitative estimate of drug-likeness (QED) is 0.517. The molecule has 70 valence electrons. The number of carbonyl (C=O) groups excluding carboxylic acids is 1. The summed E-state index contributed by atoms with van der Waals surface area (Å²) in [6.45, 7) is 0. The largest absolute Gasteiger partial charge is 0.299 e. The molecule has 4 bridgehead atoms. The lowest BCUT2D eigenvalue weighted by atomic mass is 9.71. The van der Waals surface area contributed by atoms with E-state index in [4.69, 9.17) is 0 Å². The molecule has 4 rings (SSSR count). The average Bonchev–Trinajstić information content (AvgIpc) is 2.78. The molecule has 0 aliphatic heterocycles. The van der Waals surface area contributed by atoms with E-state index in [9.17, 15) is 4.79 Å². The van der Waals surface area contributed by atoms with Gasteiger partial charge in [0.15, 0.2) is 0 Å². The predicted molar refractivity (Wildman–Crippen MR) is 49.0 cm³/mol. The Kier molecular flexibility index (Phi) is 1.09. The van der Waals surface area contributed by atoms with Crippen molar-refractivity contribution in [3.8, 4) is 0 Å². The summed E-state index contributed by atoms with van der Waals surface area (Å²) in [7, 11) is 0. The lowest BCUT2D eigenvalue weighted by Gasteiger charge is -2.33. The van der Waals surface area contributed by atoms with Crippen LogP contribution in [0.3, 0.4) is 0 Å². The molecule has 0 saturated heterocycles. The zero-order chi connectivity index (χ0) is 8.58. The van der Waals surface area contributed by atoms with Gasteiger partial charge in [-0.25, -0.2) is 0 Å². The zero-order valence-corrected chi connectivity index (χ0v) is 7.91. The van der Waals surface area contributed by atoms with Gasteiger partial charge in [-0.1, -0.05) is 0 Å². The van der Waals surface area contributed by atoms with E-state index in [0.29, 0.717) is 11.7 Å². The highest BCUT2D eigenvalue weighted by Gasteiger charge is 2.62. The van der Waals surface area contributed by atoms with E-state index in [-0.39, 0.29) is 0 Å². The zero-order valence-electron chi connectivity index (χ0n) is 7.91. The van der Waals surface area contributed by atoms with Crippen molar-refractivity contribution in [3.05, 3.63) is 0 Å². The highest BCUT2D eigenvalue weighted by atomic mass is 16.1. The van der Waals surface area contributed by atoms with Gasteiger partial charge in [-0.05, 0) is 55.3 Å². The van der Waals surface area contributed by atoms with E-state index in [1.54, 1.807) is 0 Å². The summed E-state index contributed by atoms with van der Waals surface area (Å²) < 4.78 is 0. The van der Waals surface area contributed by atoms with Crippen LogP contribution in [0.4, 0.5) is 0 Å². The SMILES string of the molecule is O=C1C[C@@H]2C[C@H]1[C@H]1[C@@H]3CC[C@@H](C3)[C@@H]21. The summed E-state index contributed by atoms with van der Waals surface area (Å²) in [5, 5.41) is 0. The van der Waals surface area contributed by atoms with Crippen molar-refractivity contribution in [1.82, 2.24) is 0 Å². The van der Waals surface area contributed by atoms with Gasteiger partial charge in [0.25, 0.3) is 0 Å². The Morgan fingerprint density at radius 1 is 0.923 bits per heavy atom. The monoisotopic (exact) mass is 176 g/mol. The molecule has 13 heavy (non-hydrogen) atoms. The maximum Gasteiger partial charge on any atom is 0.136 e. The predicted octanol–water partition coefficient (Wildman–Crippen LogP) is 2.26. The van der Waals surface area contributed by atoms with Gasteiger partial charge in [-0.15, -0.1) is 0 Å². The van der Waals surface area contributed by atoms with Crippen LogP contribution in [-0.2, 0) is 4.79 Å². The molecule has 0 N–H and O–H groups in total. The van der Waals surface area contributed by atoms with Gasteiger partial charge in [-0.3, -0.25) is 4.79 Å². The van der Waals surface area contributed by atoms with E-state index in [2.05, 4.69) is 0 Å². The van der Waals surface area contributed by atoms with Crippen molar-refractivity contribution in [2.24, 2.45) is 35.5 Å². The Morgan fingerprint density at radius 3 is 2.54 bits per heavy atom. The Hall–Kier alpha value is -0.330. The third kappa shape index (κ3) is 0.660. The van der Waals surface area contributed by atoms with Gasteiger partial charge in [0.05, 0.1) is 0 Å². The van der Waals surface area contributed by atoms with Gasteiger partial charge in [0, 0.05) is 12.3 Å². The molecule has 4 fully saturated rings. The summed E-state index contributed by atoms with van der Waals surface area (Å²) in [6.07, 6.45) is 6.65. The lowest BCUT2D eigenvalue weighted by Crippen LogP contribution is -2.32. The molecule has 4 aliphatic rings. The first kappa shape index (κ1) is 7.03. The van der Waals surface area contributed by atoms with Crippen molar-refractivity contribution in [2.45, 2.75) is 32.1 Å². The highest BCUT2D eigenvalue weighted by Crippen LogP contribution is 2.66. The van der Waals surface area contributed by atoms with E-state index in [0.717, 1.165) is 36.0 Å². The van der Waals surface area contributed by atoms with Crippen molar-refractivity contribution in [2.75, 3.05) is 0 Å². The summed E-state index contributed by atoms with van der Waals surface area (Å²) >= 11 is 0. The fraction of sp³-hybridized carbons (Fsp3) is 0.917. The molecule has 0 aromatic heterocycles. The molecule has 4 saturated carbocycles. The second kappa shape index (κ2) is 2.02. The van der Waals surface area contributed by atoms with Crippen LogP contribution in [0.1, 0.15) is 32.1 Å². The standard InChI is InChI=1S/C12H16O/c13-10-5-8-4-9(10)12-7-2-1-6(3-7)11(8)12/h6-9,11-12H,1-5H2/t6-,7+,8-,9+,11-,12+/m0/s1. The molecule has 0 heterocycles. The van der Waals surface area contributed by atoms with Gasteiger partial charge in [0.2, 0.25) is 0 Å². The number of hydrogen-bond donors (Lipinski definition) is 0. The maximum atomic E-state index is 11.7. The molecule has 0 radical (unpaired) electrons. The normalized spacial score (nSPS) is 62.0. The molecule has 0 aromatic carbocycles. The summed E-state index contributed by atoms with van der Waals surface area (Å²) in [6, 6.07) is 0. The summed E-state index contributed by atoms with van der Waals surface area (Å²) in [5.74, 6) is 5.86. The van der Waals surface area contributed by atoms with Crippen LogP contribution in [0.15, 0.2) is 0 Å². The Morgan fingerprint density at radius 2 is 1.69 bits per heavy atom. The third-order valence-corrected chi connectivity index (χ3v) is 5.49. The van der Waals surface area contributed by atoms with Gasteiger partial charge >= 0.3 is 0 Å². The van der Waals surface area contributed by atoms with E-state index in [1.807, 2.05) is 0 Å². The molecule has 0 amide bonds. The van der Waals surface area contributed by atoms with E-state index in [1.165, 1.54) is 25.7 Å². The molecule has 4 aliphatic carbocycles. The molecular formula is C12H16O. The summed E-state index contributed by atoms with van der Waals surface area (Å²) in [5.41, 5.74) is 0. The average molecular weight is 176 g/mol. The number of fused-ring (bicyclic) bond motifs is 9. The molecule has 6 atom stereocenters. The molecule has 0 unspecified atom stereocenters. The smallest absolute Gasteiger partial charge is 0.136 e. The Bertz CT molecular complexity index is 283. The molecule has 0 aromatic rings. The van der Waals surface area contributed by atoms with Crippen LogP contribution in [-0.4, -0.2) is 5.78 Å². The number of ketones is 1. The van der Waals surface area contributed by atoms with Crippen molar-refractivity contribution in [1.29, 1.82) is 0 Å². The number of rotatable bonds is 0. The second-order valence-corrected chi connectivity index (χ2v) is 5.76. The minimum atomic E-state index is 0.533. The number of hydrogen-bond acceptors (Lipinski definition) is 1. The maximum absolute atomic E-state index is 11.7. The van der Waals surface area contributed by atoms with E-state index >= 15 is 0 Å². The highest BCUT2D eigenvalue weighted by molar-refractivity contribution is 5.85. The fourth-order valence-electron chi connectivity index (χ4n) is 5.29. The number of Topliss-reactive ketones (excluding diaryl/α,β-unsaturated/α-hetero) is 1. The van der Waals surface area contributed by atoms with Crippen molar-refractivity contribution >= 4 is 5.78 Å². The molecule has 1 heteroatoms.